The highest BCUT2D eigenvalue weighted by atomic mass is 19.3. The van der Waals surface area contributed by atoms with Gasteiger partial charge < -0.3 is 0 Å². The number of likely N-dealkylation sites (tertiary alicyclic amines) is 1. The third-order valence-corrected chi connectivity index (χ3v) is 4.10. The fourth-order valence-corrected chi connectivity index (χ4v) is 3.29. The molecule has 2 atom stereocenters. The Balaban J connectivity index is 2.01. The van der Waals surface area contributed by atoms with Crippen LogP contribution in [0.15, 0.2) is 0 Å². The van der Waals surface area contributed by atoms with Gasteiger partial charge in [0.25, 0.3) is 6.43 Å². The van der Waals surface area contributed by atoms with Crippen LogP contribution in [0, 0.1) is 5.92 Å². The number of hydrogen-bond donors (Lipinski definition) is 0. The van der Waals surface area contributed by atoms with Gasteiger partial charge >= 0.3 is 0 Å². The minimum Gasteiger partial charge on any atom is -0.299 e. The van der Waals surface area contributed by atoms with Gasteiger partial charge in [-0.25, -0.2) is 8.78 Å². The molecule has 0 amide bonds. The van der Waals surface area contributed by atoms with Gasteiger partial charge in [0, 0.05) is 18.4 Å². The van der Waals surface area contributed by atoms with E-state index in [1.54, 1.807) is 0 Å². The summed E-state index contributed by atoms with van der Waals surface area (Å²) in [6, 6.07) is 0.0885. The fourth-order valence-electron chi connectivity index (χ4n) is 3.29. The van der Waals surface area contributed by atoms with Crippen molar-refractivity contribution in [3.8, 4) is 0 Å². The zero-order chi connectivity index (χ0) is 12.3. The third-order valence-electron chi connectivity index (χ3n) is 4.10. The van der Waals surface area contributed by atoms with Crippen LogP contribution >= 0.6 is 0 Å². The van der Waals surface area contributed by atoms with Crippen LogP contribution < -0.4 is 0 Å². The van der Waals surface area contributed by atoms with E-state index in [4.69, 9.17) is 0 Å². The number of carbonyl (C=O) groups excluding carboxylic acids is 1. The van der Waals surface area contributed by atoms with E-state index in [-0.39, 0.29) is 18.5 Å². The van der Waals surface area contributed by atoms with Gasteiger partial charge in [0.05, 0.1) is 6.54 Å². The van der Waals surface area contributed by atoms with Gasteiger partial charge in [0.2, 0.25) is 0 Å². The molecule has 0 radical (unpaired) electrons. The van der Waals surface area contributed by atoms with Gasteiger partial charge in [0.1, 0.15) is 5.78 Å². The summed E-state index contributed by atoms with van der Waals surface area (Å²) in [5.74, 6) is 0.338. The Bertz CT molecular complexity index is 270. The van der Waals surface area contributed by atoms with Crippen molar-refractivity contribution in [2.75, 3.05) is 13.1 Å². The molecule has 0 spiro atoms. The van der Waals surface area contributed by atoms with E-state index in [1.807, 2.05) is 4.90 Å². The van der Waals surface area contributed by atoms with Gasteiger partial charge in [-0.3, -0.25) is 9.69 Å². The van der Waals surface area contributed by atoms with Crippen LogP contribution in [0.5, 0.6) is 0 Å². The highest BCUT2D eigenvalue weighted by molar-refractivity contribution is 5.82. The van der Waals surface area contributed by atoms with Crippen LogP contribution in [0.2, 0.25) is 0 Å². The Morgan fingerprint density at radius 2 is 1.94 bits per heavy atom. The van der Waals surface area contributed by atoms with E-state index < -0.39 is 6.43 Å². The van der Waals surface area contributed by atoms with Crippen LogP contribution in [0.25, 0.3) is 0 Å². The molecule has 2 unspecified atom stereocenters. The zero-order valence-corrected chi connectivity index (χ0v) is 10.2. The molecule has 0 aromatic carbocycles. The average Bonchev–Trinajstić information content (AvgIpc) is 2.30. The molecule has 1 aliphatic heterocycles. The van der Waals surface area contributed by atoms with Crippen molar-refractivity contribution in [3.05, 3.63) is 0 Å². The summed E-state index contributed by atoms with van der Waals surface area (Å²) < 4.78 is 25.1. The molecule has 2 fully saturated rings. The first-order chi connectivity index (χ1) is 8.18. The third kappa shape index (κ3) is 3.24. The molecule has 1 aliphatic carbocycles. The van der Waals surface area contributed by atoms with E-state index in [1.165, 1.54) is 0 Å². The number of hydrogen-bond acceptors (Lipinski definition) is 2. The molecule has 2 aliphatic rings. The van der Waals surface area contributed by atoms with Crippen molar-refractivity contribution in [2.24, 2.45) is 5.92 Å². The molecule has 1 saturated heterocycles. The van der Waals surface area contributed by atoms with E-state index in [9.17, 15) is 13.6 Å². The Morgan fingerprint density at radius 3 is 2.65 bits per heavy atom. The molecule has 2 rings (SSSR count). The number of carbonyl (C=O) groups is 1. The van der Waals surface area contributed by atoms with Gasteiger partial charge in [-0.2, -0.15) is 0 Å². The molecular weight excluding hydrogens is 224 g/mol. The van der Waals surface area contributed by atoms with Crippen molar-refractivity contribution >= 4 is 5.78 Å². The lowest BCUT2D eigenvalue weighted by Crippen LogP contribution is -2.49. The van der Waals surface area contributed by atoms with Crippen LogP contribution in [-0.4, -0.2) is 36.2 Å². The standard InChI is InChI=1S/C13H21F2NO/c14-13(15)9-16-8-4-3-6-11(16)10-5-1-2-7-12(10)17/h10-11,13H,1-9H2. The van der Waals surface area contributed by atoms with E-state index in [0.717, 1.165) is 45.1 Å². The predicted molar refractivity (Wildman–Crippen MR) is 62.2 cm³/mol. The topological polar surface area (TPSA) is 20.3 Å². The number of rotatable bonds is 3. The Hall–Kier alpha value is -0.510. The minimum absolute atomic E-state index is 0.0304. The predicted octanol–water partition coefficient (Wildman–Crippen LogP) is 2.87. The molecule has 0 aromatic rings. The summed E-state index contributed by atoms with van der Waals surface area (Å²) in [6.45, 7) is 0.577. The summed E-state index contributed by atoms with van der Waals surface area (Å²) in [5, 5.41) is 0. The SMILES string of the molecule is O=C1CCCCC1C1CCCCN1CC(F)F. The lowest BCUT2D eigenvalue weighted by Gasteiger charge is -2.40. The molecule has 2 nitrogen and oxygen atoms in total. The number of ketones is 1. The summed E-state index contributed by atoms with van der Waals surface area (Å²) >= 11 is 0. The van der Waals surface area contributed by atoms with Crippen molar-refractivity contribution in [1.82, 2.24) is 4.90 Å². The van der Waals surface area contributed by atoms with Gasteiger partial charge in [-0.05, 0) is 32.2 Å². The molecule has 0 bridgehead atoms. The van der Waals surface area contributed by atoms with E-state index >= 15 is 0 Å². The molecule has 0 aromatic heterocycles. The second-order valence-electron chi connectivity index (χ2n) is 5.27. The number of halogens is 2. The number of alkyl halides is 2. The maximum absolute atomic E-state index is 12.5. The number of piperidine rings is 1. The average molecular weight is 245 g/mol. The van der Waals surface area contributed by atoms with E-state index in [2.05, 4.69) is 0 Å². The first-order valence-electron chi connectivity index (χ1n) is 6.73. The second-order valence-corrected chi connectivity index (χ2v) is 5.27. The van der Waals surface area contributed by atoms with Gasteiger partial charge in [0.15, 0.2) is 0 Å². The van der Waals surface area contributed by atoms with E-state index in [0.29, 0.717) is 12.2 Å². The van der Waals surface area contributed by atoms with Gasteiger partial charge in [-0.1, -0.05) is 12.8 Å². The Kier molecular flexibility index (Phi) is 4.48. The lowest BCUT2D eigenvalue weighted by molar-refractivity contribution is -0.128. The maximum Gasteiger partial charge on any atom is 0.251 e. The summed E-state index contributed by atoms with van der Waals surface area (Å²) in [4.78, 5) is 13.8. The molecule has 0 N–H and O–H groups in total. The minimum atomic E-state index is -2.28. The quantitative estimate of drug-likeness (QED) is 0.762. The summed E-state index contributed by atoms with van der Waals surface area (Å²) in [5.41, 5.74) is 0. The molecule has 4 heteroatoms. The number of nitrogens with zero attached hydrogens (tertiary/aromatic N) is 1. The molecule has 1 saturated carbocycles. The van der Waals surface area contributed by atoms with Crippen LogP contribution in [0.4, 0.5) is 8.78 Å². The number of Topliss-reactive ketones (excluding diaryl/α,β-unsaturated/α-hetero) is 1. The van der Waals surface area contributed by atoms with Crippen LogP contribution in [-0.2, 0) is 4.79 Å². The maximum atomic E-state index is 12.5. The van der Waals surface area contributed by atoms with Gasteiger partial charge in [-0.15, -0.1) is 0 Å². The van der Waals surface area contributed by atoms with Crippen molar-refractivity contribution in [1.29, 1.82) is 0 Å². The fraction of sp³-hybridized carbons (Fsp3) is 0.923. The lowest BCUT2D eigenvalue weighted by atomic mass is 9.79. The van der Waals surface area contributed by atoms with Crippen molar-refractivity contribution < 1.29 is 13.6 Å². The van der Waals surface area contributed by atoms with Crippen molar-refractivity contribution in [3.63, 3.8) is 0 Å². The van der Waals surface area contributed by atoms with Crippen LogP contribution in [0.3, 0.4) is 0 Å². The van der Waals surface area contributed by atoms with Crippen LogP contribution in [0.1, 0.15) is 44.9 Å². The molecule has 98 valence electrons. The first-order valence-corrected chi connectivity index (χ1v) is 6.73. The Morgan fingerprint density at radius 1 is 1.18 bits per heavy atom. The molecular formula is C13H21F2NO. The second kappa shape index (κ2) is 5.89. The highest BCUT2D eigenvalue weighted by Crippen LogP contribution is 2.31. The summed E-state index contributed by atoms with van der Waals surface area (Å²) in [6.07, 6.45) is 4.33. The largest absolute Gasteiger partial charge is 0.299 e. The smallest absolute Gasteiger partial charge is 0.251 e. The molecule has 1 heterocycles. The first kappa shape index (κ1) is 12.9. The zero-order valence-electron chi connectivity index (χ0n) is 10.2. The monoisotopic (exact) mass is 245 g/mol. The Labute approximate surface area is 101 Å². The van der Waals surface area contributed by atoms with Crippen molar-refractivity contribution in [2.45, 2.75) is 57.4 Å². The summed E-state index contributed by atoms with van der Waals surface area (Å²) in [7, 11) is 0. The molecule has 17 heavy (non-hydrogen) atoms. The highest BCUT2D eigenvalue weighted by Gasteiger charge is 2.36. The normalized spacial score (nSPS) is 32.1.